The van der Waals surface area contributed by atoms with Gasteiger partial charge in [0.25, 0.3) is 0 Å². The van der Waals surface area contributed by atoms with Crippen LogP contribution in [-0.4, -0.2) is 87.1 Å². The van der Waals surface area contributed by atoms with E-state index in [9.17, 15) is 4.39 Å². The van der Waals surface area contributed by atoms with Crippen molar-refractivity contribution in [2.24, 2.45) is 5.92 Å². The number of halogens is 2. The Labute approximate surface area is 248 Å². The highest BCUT2D eigenvalue weighted by Crippen LogP contribution is 2.48. The van der Waals surface area contributed by atoms with E-state index in [-0.39, 0.29) is 30.9 Å². The summed E-state index contributed by atoms with van der Waals surface area (Å²) < 4.78 is 46.0. The molecular formula is C33H44F2N4O3. The molecule has 1 saturated carbocycles. The van der Waals surface area contributed by atoms with Gasteiger partial charge in [-0.25, -0.2) is 4.39 Å². The average molecular weight is 583 g/mol. The monoisotopic (exact) mass is 582 g/mol. The first-order valence-electron chi connectivity index (χ1n) is 15.5. The number of nitrogens with zero attached hydrogens (tertiary/aromatic N) is 2. The maximum atomic E-state index is 15.3. The van der Waals surface area contributed by atoms with Crippen molar-refractivity contribution in [3.63, 3.8) is 0 Å². The highest BCUT2D eigenvalue weighted by molar-refractivity contribution is 5.89. The van der Waals surface area contributed by atoms with E-state index in [0.717, 1.165) is 79.9 Å². The Kier molecular flexibility index (Phi) is 8.70. The van der Waals surface area contributed by atoms with E-state index in [4.69, 9.17) is 19.6 Å². The SMILES string of the molecule is COc1cc(OCCN2CC(CF)C2)ccc1[C@@H]1c2ccc(NC3CCCCO3)c(C=N)c2C[C@@H](C)N1CC1(F)CC1. The summed E-state index contributed by atoms with van der Waals surface area (Å²) in [6.45, 7) is 5.87. The second-order valence-electron chi connectivity index (χ2n) is 12.5. The maximum absolute atomic E-state index is 15.3. The minimum absolute atomic E-state index is 0.0519. The van der Waals surface area contributed by atoms with Gasteiger partial charge in [-0.15, -0.1) is 0 Å². The fourth-order valence-electron chi connectivity index (χ4n) is 6.80. The van der Waals surface area contributed by atoms with Crippen LogP contribution in [0.5, 0.6) is 11.5 Å². The number of likely N-dealkylation sites (tertiary alicyclic amines) is 1. The fraction of sp³-hybridized carbons (Fsp3) is 0.606. The molecule has 1 aliphatic carbocycles. The first-order valence-corrected chi connectivity index (χ1v) is 15.5. The van der Waals surface area contributed by atoms with Crippen molar-refractivity contribution < 1.29 is 23.0 Å². The topological polar surface area (TPSA) is 70.0 Å². The molecule has 9 heteroatoms. The summed E-state index contributed by atoms with van der Waals surface area (Å²) in [4.78, 5) is 4.48. The lowest BCUT2D eigenvalue weighted by Crippen LogP contribution is -2.49. The van der Waals surface area contributed by atoms with Gasteiger partial charge in [-0.05, 0) is 74.8 Å². The summed E-state index contributed by atoms with van der Waals surface area (Å²) in [5.41, 5.74) is 3.80. The molecule has 3 heterocycles. The molecule has 3 fully saturated rings. The van der Waals surface area contributed by atoms with Crippen LogP contribution in [-0.2, 0) is 11.2 Å². The van der Waals surface area contributed by atoms with E-state index >= 15 is 4.39 Å². The van der Waals surface area contributed by atoms with Crippen LogP contribution in [0.25, 0.3) is 0 Å². The molecule has 3 aliphatic heterocycles. The normalized spacial score (nSPS) is 25.8. The van der Waals surface area contributed by atoms with Crippen molar-refractivity contribution in [3.8, 4) is 11.5 Å². The van der Waals surface area contributed by atoms with Gasteiger partial charge in [0.05, 0.1) is 19.8 Å². The number of fused-ring (bicyclic) bond motifs is 1. The number of ether oxygens (including phenoxy) is 3. The van der Waals surface area contributed by atoms with Crippen LogP contribution in [0.15, 0.2) is 30.3 Å². The summed E-state index contributed by atoms with van der Waals surface area (Å²) in [6, 6.07) is 9.96. The average Bonchev–Trinajstić information content (AvgIpc) is 3.71. The van der Waals surface area contributed by atoms with Gasteiger partial charge in [0.15, 0.2) is 0 Å². The number of benzene rings is 2. The second-order valence-corrected chi connectivity index (χ2v) is 12.5. The third-order valence-corrected chi connectivity index (χ3v) is 9.41. The quantitative estimate of drug-likeness (QED) is 0.311. The van der Waals surface area contributed by atoms with Gasteiger partial charge in [-0.2, -0.15) is 0 Å². The van der Waals surface area contributed by atoms with E-state index in [2.05, 4.69) is 28.1 Å². The molecular weight excluding hydrogens is 538 g/mol. The second kappa shape index (κ2) is 12.5. The van der Waals surface area contributed by atoms with Crippen molar-refractivity contribution in [1.82, 2.24) is 9.80 Å². The number of anilines is 1. The predicted octanol–water partition coefficient (Wildman–Crippen LogP) is 5.75. The molecule has 4 aliphatic rings. The fourth-order valence-corrected chi connectivity index (χ4v) is 6.80. The largest absolute Gasteiger partial charge is 0.496 e. The molecule has 1 unspecified atom stereocenters. The van der Waals surface area contributed by atoms with Crippen molar-refractivity contribution in [1.29, 1.82) is 5.41 Å². The number of hydrogen-bond acceptors (Lipinski definition) is 7. The Morgan fingerprint density at radius 1 is 1.17 bits per heavy atom. The van der Waals surface area contributed by atoms with Gasteiger partial charge in [-0.1, -0.05) is 6.07 Å². The lowest BCUT2D eigenvalue weighted by Gasteiger charge is -2.44. The lowest BCUT2D eigenvalue weighted by molar-refractivity contribution is 0.0343. The summed E-state index contributed by atoms with van der Waals surface area (Å²) in [5, 5.41) is 11.9. The van der Waals surface area contributed by atoms with Crippen molar-refractivity contribution in [2.75, 3.05) is 58.5 Å². The summed E-state index contributed by atoms with van der Waals surface area (Å²) in [6.07, 6.45) is 6.47. The van der Waals surface area contributed by atoms with E-state index < -0.39 is 5.67 Å². The zero-order valence-corrected chi connectivity index (χ0v) is 24.8. The molecule has 228 valence electrons. The Morgan fingerprint density at radius 3 is 2.67 bits per heavy atom. The molecule has 6 rings (SSSR count). The third kappa shape index (κ3) is 6.15. The highest BCUT2D eigenvalue weighted by atomic mass is 19.1. The Morgan fingerprint density at radius 2 is 1.98 bits per heavy atom. The van der Waals surface area contributed by atoms with E-state index in [1.807, 2.05) is 24.3 Å². The number of methoxy groups -OCH3 is 1. The van der Waals surface area contributed by atoms with E-state index in [1.165, 1.54) is 6.21 Å². The van der Waals surface area contributed by atoms with Crippen LogP contribution in [0.2, 0.25) is 0 Å². The first-order chi connectivity index (χ1) is 20.4. The highest BCUT2D eigenvalue weighted by Gasteiger charge is 2.48. The van der Waals surface area contributed by atoms with E-state index in [1.54, 1.807) is 7.11 Å². The standard InChI is InChI=1S/C33H44F2N4O3/c1-22-15-27-25(8-9-29(28(27)18-36)37-31-5-3-4-13-42-31)32(39(22)21-33(35)10-11-33)26-7-6-24(16-30(26)40-2)41-14-12-38-19-23(17-34)20-38/h6-9,16,18,22-23,31-32,36-37H,3-5,10-15,17,19-21H2,1-2H3/t22-,31?,32+/m1/s1. The maximum Gasteiger partial charge on any atom is 0.127 e. The first kappa shape index (κ1) is 29.3. The molecule has 3 atom stereocenters. The molecule has 7 nitrogen and oxygen atoms in total. The van der Waals surface area contributed by atoms with Crippen molar-refractivity contribution in [3.05, 3.63) is 52.6 Å². The lowest BCUT2D eigenvalue weighted by atomic mass is 9.81. The number of hydrogen-bond donors (Lipinski definition) is 2. The smallest absolute Gasteiger partial charge is 0.127 e. The molecule has 0 spiro atoms. The molecule has 2 aromatic carbocycles. The van der Waals surface area contributed by atoms with E-state index in [0.29, 0.717) is 37.5 Å². The summed E-state index contributed by atoms with van der Waals surface area (Å²) in [5.74, 6) is 1.57. The Hall–Kier alpha value is -2.75. The van der Waals surface area contributed by atoms with Gasteiger partial charge in [0.2, 0.25) is 0 Å². The predicted molar refractivity (Wildman–Crippen MR) is 161 cm³/mol. The number of alkyl halides is 2. The van der Waals surface area contributed by atoms with Crippen LogP contribution in [0.3, 0.4) is 0 Å². The molecule has 42 heavy (non-hydrogen) atoms. The molecule has 0 bridgehead atoms. The van der Waals surface area contributed by atoms with Gasteiger partial charge < -0.3 is 24.9 Å². The third-order valence-electron chi connectivity index (χ3n) is 9.41. The number of nitrogens with one attached hydrogen (secondary N) is 2. The molecule has 2 N–H and O–H groups in total. The molecule has 0 amide bonds. The molecule has 2 saturated heterocycles. The van der Waals surface area contributed by atoms with Gasteiger partial charge in [0, 0.05) is 73.8 Å². The summed E-state index contributed by atoms with van der Waals surface area (Å²) in [7, 11) is 1.66. The van der Waals surface area contributed by atoms with Gasteiger partial charge >= 0.3 is 0 Å². The van der Waals surface area contributed by atoms with Crippen LogP contribution >= 0.6 is 0 Å². The van der Waals surface area contributed by atoms with Gasteiger partial charge in [0.1, 0.15) is 30.0 Å². The van der Waals surface area contributed by atoms with Crippen molar-refractivity contribution >= 4 is 11.9 Å². The summed E-state index contributed by atoms with van der Waals surface area (Å²) >= 11 is 0. The molecule has 2 aromatic rings. The van der Waals surface area contributed by atoms with Crippen LogP contribution in [0.4, 0.5) is 14.5 Å². The zero-order valence-electron chi connectivity index (χ0n) is 24.8. The Bertz CT molecular complexity index is 1260. The zero-order chi connectivity index (χ0) is 29.3. The van der Waals surface area contributed by atoms with Crippen LogP contribution in [0, 0.1) is 11.3 Å². The van der Waals surface area contributed by atoms with Crippen molar-refractivity contribution in [2.45, 2.75) is 69.4 Å². The minimum Gasteiger partial charge on any atom is -0.496 e. The number of rotatable bonds is 12. The minimum atomic E-state index is -1.15. The van der Waals surface area contributed by atoms with Gasteiger partial charge in [-0.3, -0.25) is 14.2 Å². The van der Waals surface area contributed by atoms with Crippen LogP contribution < -0.4 is 14.8 Å². The van der Waals surface area contributed by atoms with Crippen LogP contribution in [0.1, 0.15) is 67.3 Å². The Balaban J connectivity index is 1.30. The molecule has 0 radical (unpaired) electrons. The molecule has 0 aromatic heterocycles.